The highest BCUT2D eigenvalue weighted by molar-refractivity contribution is 4.93. The molecule has 8 nitrogen and oxygen atoms in total. The van der Waals surface area contributed by atoms with Gasteiger partial charge in [0.1, 0.15) is 25.1 Å². The van der Waals surface area contributed by atoms with Crippen molar-refractivity contribution in [3.05, 3.63) is 12.2 Å². The first kappa shape index (κ1) is 26.5. The monoisotopic (exact) mass is 420 g/mol. The largest absolute Gasteiger partial charge is 0.387 e. The van der Waals surface area contributed by atoms with E-state index in [4.69, 9.17) is 28.4 Å². The first-order chi connectivity index (χ1) is 13.9. The molecule has 0 spiro atoms. The molecule has 1 rings (SSSR count). The Kier molecular flexibility index (Phi) is 12.5. The van der Waals surface area contributed by atoms with Gasteiger partial charge in [0.25, 0.3) is 0 Å². The third kappa shape index (κ3) is 7.25. The maximum absolute atomic E-state index is 10.4. The molecule has 1 heterocycles. The zero-order chi connectivity index (χ0) is 22.0. The number of allylic oxidation sites excluding steroid dienone is 2. The molecule has 1 fully saturated rings. The fourth-order valence-electron chi connectivity index (χ4n) is 4.06. The molecule has 0 aromatic carbocycles. The van der Waals surface area contributed by atoms with Crippen molar-refractivity contribution in [3.8, 4) is 0 Å². The third-order valence-electron chi connectivity index (χ3n) is 5.69. The zero-order valence-electron chi connectivity index (χ0n) is 18.8. The van der Waals surface area contributed by atoms with Crippen LogP contribution in [0.15, 0.2) is 12.2 Å². The number of hydrogen-bond acceptors (Lipinski definition) is 8. The summed E-state index contributed by atoms with van der Waals surface area (Å²) in [5.41, 5.74) is 0. The summed E-state index contributed by atoms with van der Waals surface area (Å²) in [6.45, 7) is 6.34. The molecule has 1 saturated heterocycles. The van der Waals surface area contributed by atoms with Crippen molar-refractivity contribution in [2.24, 2.45) is 11.8 Å². The van der Waals surface area contributed by atoms with Gasteiger partial charge in [0.2, 0.25) is 0 Å². The summed E-state index contributed by atoms with van der Waals surface area (Å²) in [4.78, 5) is 0. The number of hydrogen-bond donors (Lipinski definition) is 2. The molecule has 0 bridgehead atoms. The van der Waals surface area contributed by atoms with Gasteiger partial charge in [-0.15, -0.1) is 0 Å². The van der Waals surface area contributed by atoms with E-state index in [1.165, 1.54) is 14.2 Å². The molecule has 9 atom stereocenters. The third-order valence-corrected chi connectivity index (χ3v) is 5.69. The van der Waals surface area contributed by atoms with Crippen molar-refractivity contribution in [3.63, 3.8) is 0 Å². The highest BCUT2D eigenvalue weighted by Crippen LogP contribution is 2.31. The van der Waals surface area contributed by atoms with Crippen molar-refractivity contribution >= 4 is 0 Å². The number of rotatable bonds is 13. The summed E-state index contributed by atoms with van der Waals surface area (Å²) >= 11 is 0. The lowest BCUT2D eigenvalue weighted by Crippen LogP contribution is -2.59. The average Bonchev–Trinajstić information content (AvgIpc) is 2.72. The molecule has 172 valence electrons. The molecule has 0 aromatic heterocycles. The molecule has 0 saturated carbocycles. The first-order valence-electron chi connectivity index (χ1n) is 10.2. The van der Waals surface area contributed by atoms with E-state index in [2.05, 4.69) is 19.9 Å². The Hall–Kier alpha value is -0.580. The minimum absolute atomic E-state index is 0.0153. The maximum Gasteiger partial charge on any atom is 0.186 e. The van der Waals surface area contributed by atoms with E-state index in [-0.39, 0.29) is 30.8 Å². The van der Waals surface area contributed by atoms with Crippen LogP contribution in [0.4, 0.5) is 0 Å². The summed E-state index contributed by atoms with van der Waals surface area (Å²) in [5.74, 6) is 0.297. The van der Waals surface area contributed by atoms with Gasteiger partial charge >= 0.3 is 0 Å². The van der Waals surface area contributed by atoms with Crippen molar-refractivity contribution in [2.45, 2.75) is 76.5 Å². The molecule has 0 aromatic rings. The zero-order valence-corrected chi connectivity index (χ0v) is 18.8. The predicted octanol–water partition coefficient (Wildman–Crippen LogP) is 1.73. The minimum atomic E-state index is -1.19. The van der Waals surface area contributed by atoms with Gasteiger partial charge < -0.3 is 38.6 Å². The molecular weight excluding hydrogens is 380 g/mol. The maximum atomic E-state index is 10.4. The highest BCUT2D eigenvalue weighted by Gasteiger charge is 2.46. The molecule has 0 aliphatic carbocycles. The van der Waals surface area contributed by atoms with E-state index in [0.717, 1.165) is 6.42 Å². The fourth-order valence-corrected chi connectivity index (χ4v) is 4.06. The van der Waals surface area contributed by atoms with Crippen molar-refractivity contribution in [1.29, 1.82) is 0 Å². The second kappa shape index (κ2) is 13.7. The molecule has 8 heteroatoms. The van der Waals surface area contributed by atoms with Gasteiger partial charge in [0.05, 0.1) is 18.3 Å². The molecule has 1 aliphatic heterocycles. The van der Waals surface area contributed by atoms with Gasteiger partial charge in [-0.05, 0) is 19.3 Å². The molecule has 29 heavy (non-hydrogen) atoms. The first-order valence-corrected chi connectivity index (χ1v) is 10.2. The van der Waals surface area contributed by atoms with Gasteiger partial charge in [-0.1, -0.05) is 26.0 Å². The van der Waals surface area contributed by atoms with Gasteiger partial charge in [0, 0.05) is 40.8 Å². The number of aliphatic hydroxyl groups excluding tert-OH is 2. The quantitative estimate of drug-likeness (QED) is 0.344. The van der Waals surface area contributed by atoms with E-state index in [9.17, 15) is 10.2 Å². The van der Waals surface area contributed by atoms with Crippen molar-refractivity contribution in [2.75, 3.05) is 35.2 Å². The molecule has 0 unspecified atom stereocenters. The minimum Gasteiger partial charge on any atom is -0.387 e. The lowest BCUT2D eigenvalue weighted by atomic mass is 9.83. The van der Waals surface area contributed by atoms with Crippen LogP contribution in [-0.2, 0) is 28.4 Å². The van der Waals surface area contributed by atoms with Gasteiger partial charge in [-0.25, -0.2) is 0 Å². The van der Waals surface area contributed by atoms with E-state index < -0.39 is 30.7 Å². The number of ether oxygens (including phenoxy) is 6. The smallest absolute Gasteiger partial charge is 0.186 e. The number of aliphatic hydroxyl groups is 2. The van der Waals surface area contributed by atoms with Crippen LogP contribution < -0.4 is 0 Å². The van der Waals surface area contributed by atoms with Gasteiger partial charge in [0.15, 0.2) is 6.29 Å². The standard InChI is InChI=1S/C21H40O8/c1-8-9-10-13(2)19(25-5)14(3)15(28-12-24-4)11-16-20(26-6)17(22)18(23)21(27-7)29-16/h8-9,13-23H,10-12H2,1-7H3/b9-8+/t13-,14-,15+,16+,17+,18+,19+,20-,21-/m0/s1. The topological polar surface area (TPSA) is 95.8 Å². The predicted molar refractivity (Wildman–Crippen MR) is 108 cm³/mol. The van der Waals surface area contributed by atoms with Crippen molar-refractivity contribution < 1.29 is 38.6 Å². The second-order valence-corrected chi connectivity index (χ2v) is 7.65. The van der Waals surface area contributed by atoms with Gasteiger partial charge in [-0.2, -0.15) is 0 Å². The molecule has 0 amide bonds. The van der Waals surface area contributed by atoms with E-state index >= 15 is 0 Å². The van der Waals surface area contributed by atoms with Gasteiger partial charge in [-0.3, -0.25) is 0 Å². The normalized spacial score (nSPS) is 32.2. The second-order valence-electron chi connectivity index (χ2n) is 7.65. The summed E-state index contributed by atoms with van der Waals surface area (Å²) in [7, 11) is 6.18. The van der Waals surface area contributed by atoms with Crippen LogP contribution in [0, 0.1) is 11.8 Å². The van der Waals surface area contributed by atoms with Crippen LogP contribution in [0.25, 0.3) is 0 Å². The lowest BCUT2D eigenvalue weighted by molar-refractivity contribution is -0.299. The summed E-state index contributed by atoms with van der Waals surface area (Å²) < 4.78 is 33.4. The Balaban J connectivity index is 3.00. The average molecular weight is 421 g/mol. The summed E-state index contributed by atoms with van der Waals surface area (Å²) in [5, 5.41) is 20.6. The van der Waals surface area contributed by atoms with E-state index in [1.54, 1.807) is 14.2 Å². The summed E-state index contributed by atoms with van der Waals surface area (Å²) in [6, 6.07) is 0. The highest BCUT2D eigenvalue weighted by atomic mass is 16.7. The Morgan fingerprint density at radius 2 is 1.72 bits per heavy atom. The Morgan fingerprint density at radius 1 is 1.03 bits per heavy atom. The Morgan fingerprint density at radius 3 is 2.24 bits per heavy atom. The SMILES string of the molecule is C/C=C/C[C@H](C)[C@@H](OC)[C@@H](C)[C@@H](C[C@H]1O[C@H](OC)[C@H](O)[C@@H](O)[C@H]1OC)OCOC. The number of methoxy groups -OCH3 is 4. The molecule has 2 N–H and O–H groups in total. The lowest BCUT2D eigenvalue weighted by Gasteiger charge is -2.43. The summed E-state index contributed by atoms with van der Waals surface area (Å²) in [6.07, 6.45) is 0.641. The van der Waals surface area contributed by atoms with Crippen LogP contribution in [0.3, 0.4) is 0 Å². The Bertz CT molecular complexity index is 460. The van der Waals surface area contributed by atoms with E-state index in [1.807, 2.05) is 13.0 Å². The Labute approximate surface area is 175 Å². The van der Waals surface area contributed by atoms with Crippen LogP contribution in [0.5, 0.6) is 0 Å². The molecule has 0 radical (unpaired) electrons. The van der Waals surface area contributed by atoms with Crippen LogP contribution in [0.1, 0.15) is 33.6 Å². The van der Waals surface area contributed by atoms with Crippen LogP contribution in [0.2, 0.25) is 0 Å². The molecular formula is C21H40O8. The molecule has 1 aliphatic rings. The van der Waals surface area contributed by atoms with Crippen molar-refractivity contribution in [1.82, 2.24) is 0 Å². The van der Waals surface area contributed by atoms with Crippen LogP contribution >= 0.6 is 0 Å². The fraction of sp³-hybridized carbons (Fsp3) is 0.905. The van der Waals surface area contributed by atoms with Crippen LogP contribution in [-0.4, -0.2) is 88.4 Å². The van der Waals surface area contributed by atoms with E-state index in [0.29, 0.717) is 6.42 Å².